The molecule has 0 unspecified atom stereocenters. The number of amides is 1. The van der Waals surface area contributed by atoms with E-state index in [-0.39, 0.29) is 5.91 Å². The van der Waals surface area contributed by atoms with Gasteiger partial charge in [0.05, 0.1) is 23.9 Å². The molecule has 1 aromatic rings. The Morgan fingerprint density at radius 2 is 2.26 bits per heavy atom. The van der Waals surface area contributed by atoms with Crippen molar-refractivity contribution in [1.82, 2.24) is 4.90 Å². The van der Waals surface area contributed by atoms with E-state index in [2.05, 4.69) is 5.32 Å². The van der Waals surface area contributed by atoms with Gasteiger partial charge in [0.15, 0.2) is 0 Å². The number of hydrogen-bond donors (Lipinski definition) is 2. The molecular formula is C13H20ClN3O2. The highest BCUT2D eigenvalue weighted by atomic mass is 35.5. The van der Waals surface area contributed by atoms with E-state index in [0.29, 0.717) is 29.5 Å². The summed E-state index contributed by atoms with van der Waals surface area (Å²) in [7, 11) is 1.64. The molecule has 0 fully saturated rings. The molecule has 1 rings (SSSR count). The summed E-state index contributed by atoms with van der Waals surface area (Å²) in [5, 5.41) is 3.27. The standard InChI is InChI=1S/C13H20ClN3O2/c1-3-17(6-7-19-2)9-13(18)16-10-4-5-11(14)12(15)8-10/h4-5,8H,3,6-7,9,15H2,1-2H3,(H,16,18). The molecule has 0 saturated carbocycles. The molecular weight excluding hydrogens is 266 g/mol. The second kappa shape index (κ2) is 7.99. The molecule has 0 saturated heterocycles. The molecule has 0 aromatic heterocycles. The van der Waals surface area contributed by atoms with Gasteiger partial charge in [0, 0.05) is 19.3 Å². The lowest BCUT2D eigenvalue weighted by Gasteiger charge is -2.19. The number of ether oxygens (including phenoxy) is 1. The number of likely N-dealkylation sites (N-methyl/N-ethyl adjacent to an activating group) is 1. The third-order valence-corrected chi connectivity index (χ3v) is 3.05. The SMILES string of the molecule is CCN(CCOC)CC(=O)Nc1ccc(Cl)c(N)c1. The monoisotopic (exact) mass is 285 g/mol. The molecule has 0 aliphatic rings. The topological polar surface area (TPSA) is 67.6 Å². The van der Waals surface area contributed by atoms with Crippen molar-refractivity contribution in [3.8, 4) is 0 Å². The van der Waals surface area contributed by atoms with Gasteiger partial charge in [-0.2, -0.15) is 0 Å². The number of benzene rings is 1. The first-order chi connectivity index (χ1) is 9.06. The number of nitrogens with two attached hydrogens (primary N) is 1. The van der Waals surface area contributed by atoms with E-state index < -0.39 is 0 Å². The lowest BCUT2D eigenvalue weighted by atomic mass is 10.3. The summed E-state index contributed by atoms with van der Waals surface area (Å²) in [5.74, 6) is -0.0836. The fraction of sp³-hybridized carbons (Fsp3) is 0.462. The largest absolute Gasteiger partial charge is 0.397 e. The highest BCUT2D eigenvalue weighted by molar-refractivity contribution is 6.33. The molecule has 3 N–H and O–H groups in total. The Kier molecular flexibility index (Phi) is 6.62. The van der Waals surface area contributed by atoms with Crippen LogP contribution < -0.4 is 11.1 Å². The molecule has 0 bridgehead atoms. The maximum atomic E-state index is 11.9. The second-order valence-corrected chi connectivity index (χ2v) is 4.55. The molecule has 0 spiro atoms. The third kappa shape index (κ3) is 5.46. The lowest BCUT2D eigenvalue weighted by molar-refractivity contribution is -0.117. The van der Waals surface area contributed by atoms with Gasteiger partial charge in [0.2, 0.25) is 5.91 Å². The van der Waals surface area contributed by atoms with Gasteiger partial charge in [-0.3, -0.25) is 9.69 Å². The summed E-state index contributed by atoms with van der Waals surface area (Å²) in [6.07, 6.45) is 0. The highest BCUT2D eigenvalue weighted by Crippen LogP contribution is 2.22. The molecule has 0 atom stereocenters. The predicted molar refractivity (Wildman–Crippen MR) is 78.5 cm³/mol. The summed E-state index contributed by atoms with van der Waals surface area (Å²) < 4.78 is 5.00. The lowest BCUT2D eigenvalue weighted by Crippen LogP contribution is -2.35. The summed E-state index contributed by atoms with van der Waals surface area (Å²) in [6.45, 7) is 4.45. The fourth-order valence-electron chi connectivity index (χ4n) is 1.59. The number of nitrogens with one attached hydrogen (secondary N) is 1. The number of carbonyl (C=O) groups excluding carboxylic acids is 1. The van der Waals surface area contributed by atoms with Crippen LogP contribution in [-0.4, -0.2) is 44.2 Å². The van der Waals surface area contributed by atoms with Crippen LogP contribution in [0.1, 0.15) is 6.92 Å². The van der Waals surface area contributed by atoms with E-state index in [1.165, 1.54) is 0 Å². The summed E-state index contributed by atoms with van der Waals surface area (Å²) in [4.78, 5) is 13.9. The van der Waals surface area contributed by atoms with E-state index in [4.69, 9.17) is 22.1 Å². The van der Waals surface area contributed by atoms with E-state index >= 15 is 0 Å². The van der Waals surface area contributed by atoms with E-state index in [9.17, 15) is 4.79 Å². The molecule has 0 aliphatic carbocycles. The first-order valence-corrected chi connectivity index (χ1v) is 6.50. The minimum atomic E-state index is -0.0836. The van der Waals surface area contributed by atoms with E-state index in [1.54, 1.807) is 25.3 Å². The number of nitrogens with zero attached hydrogens (tertiary/aromatic N) is 1. The Morgan fingerprint density at radius 1 is 1.53 bits per heavy atom. The fourth-order valence-corrected chi connectivity index (χ4v) is 1.71. The Hall–Kier alpha value is -1.30. The van der Waals surface area contributed by atoms with Crippen LogP contribution in [0, 0.1) is 0 Å². The van der Waals surface area contributed by atoms with Crippen molar-refractivity contribution >= 4 is 28.9 Å². The van der Waals surface area contributed by atoms with E-state index in [1.807, 2.05) is 11.8 Å². The van der Waals surface area contributed by atoms with Gasteiger partial charge < -0.3 is 15.8 Å². The second-order valence-electron chi connectivity index (χ2n) is 4.15. The van der Waals surface area contributed by atoms with Crippen molar-refractivity contribution in [3.05, 3.63) is 23.2 Å². The Morgan fingerprint density at radius 3 is 2.84 bits per heavy atom. The zero-order chi connectivity index (χ0) is 14.3. The minimum absolute atomic E-state index is 0.0836. The van der Waals surface area contributed by atoms with Crippen LogP contribution in [0.2, 0.25) is 5.02 Å². The Labute approximate surface area is 118 Å². The zero-order valence-corrected chi connectivity index (χ0v) is 12.0. The van der Waals surface area contributed by atoms with Crippen molar-refractivity contribution in [2.75, 3.05) is 44.4 Å². The van der Waals surface area contributed by atoms with Gasteiger partial charge in [-0.15, -0.1) is 0 Å². The van der Waals surface area contributed by atoms with Gasteiger partial charge >= 0.3 is 0 Å². The maximum Gasteiger partial charge on any atom is 0.238 e. The summed E-state index contributed by atoms with van der Waals surface area (Å²) in [6, 6.07) is 5.03. The minimum Gasteiger partial charge on any atom is -0.397 e. The molecule has 0 aliphatic heterocycles. The number of halogens is 1. The average Bonchev–Trinajstić information content (AvgIpc) is 2.38. The number of nitrogen functional groups attached to an aromatic ring is 1. The summed E-state index contributed by atoms with van der Waals surface area (Å²) >= 11 is 5.82. The molecule has 6 heteroatoms. The van der Waals surface area contributed by atoms with Gasteiger partial charge in [-0.05, 0) is 24.7 Å². The van der Waals surface area contributed by atoms with Crippen LogP contribution >= 0.6 is 11.6 Å². The molecule has 1 aromatic carbocycles. The quantitative estimate of drug-likeness (QED) is 0.750. The van der Waals surface area contributed by atoms with Crippen molar-refractivity contribution in [3.63, 3.8) is 0 Å². The van der Waals surface area contributed by atoms with Crippen LogP contribution in [0.5, 0.6) is 0 Å². The number of anilines is 2. The molecule has 5 nitrogen and oxygen atoms in total. The number of methoxy groups -OCH3 is 1. The van der Waals surface area contributed by atoms with Crippen LogP contribution in [-0.2, 0) is 9.53 Å². The molecule has 0 radical (unpaired) electrons. The molecule has 19 heavy (non-hydrogen) atoms. The van der Waals surface area contributed by atoms with Gasteiger partial charge in [-0.1, -0.05) is 18.5 Å². The van der Waals surface area contributed by atoms with Crippen LogP contribution in [0.15, 0.2) is 18.2 Å². The summed E-state index contributed by atoms with van der Waals surface area (Å²) in [5.41, 5.74) is 6.78. The van der Waals surface area contributed by atoms with Crippen LogP contribution in [0.4, 0.5) is 11.4 Å². The Balaban J connectivity index is 2.51. The smallest absolute Gasteiger partial charge is 0.238 e. The van der Waals surface area contributed by atoms with Crippen LogP contribution in [0.25, 0.3) is 0 Å². The number of hydrogen-bond acceptors (Lipinski definition) is 4. The van der Waals surface area contributed by atoms with Gasteiger partial charge in [-0.25, -0.2) is 0 Å². The van der Waals surface area contributed by atoms with Gasteiger partial charge in [0.25, 0.3) is 0 Å². The average molecular weight is 286 g/mol. The normalized spacial score (nSPS) is 10.7. The van der Waals surface area contributed by atoms with Crippen molar-refractivity contribution in [2.24, 2.45) is 0 Å². The maximum absolute atomic E-state index is 11.9. The number of rotatable bonds is 7. The van der Waals surface area contributed by atoms with Crippen molar-refractivity contribution < 1.29 is 9.53 Å². The third-order valence-electron chi connectivity index (χ3n) is 2.71. The van der Waals surface area contributed by atoms with Crippen LogP contribution in [0.3, 0.4) is 0 Å². The van der Waals surface area contributed by atoms with Crippen molar-refractivity contribution in [2.45, 2.75) is 6.92 Å². The first kappa shape index (κ1) is 15.8. The molecule has 106 valence electrons. The highest BCUT2D eigenvalue weighted by Gasteiger charge is 2.09. The molecule has 0 heterocycles. The van der Waals surface area contributed by atoms with Crippen molar-refractivity contribution in [1.29, 1.82) is 0 Å². The molecule has 1 amide bonds. The first-order valence-electron chi connectivity index (χ1n) is 6.13. The number of carbonyl (C=O) groups is 1. The van der Waals surface area contributed by atoms with Gasteiger partial charge in [0.1, 0.15) is 0 Å². The Bertz CT molecular complexity index is 426. The predicted octanol–water partition coefficient (Wildman–Crippen LogP) is 1.83. The van der Waals surface area contributed by atoms with E-state index in [0.717, 1.165) is 13.1 Å². The zero-order valence-electron chi connectivity index (χ0n) is 11.3.